The van der Waals surface area contributed by atoms with Crippen molar-refractivity contribution in [2.75, 3.05) is 25.0 Å². The Bertz CT molecular complexity index is 533. The Hall–Kier alpha value is -2.02. The van der Waals surface area contributed by atoms with Crippen LogP contribution in [0.15, 0.2) is 24.3 Å². The molecule has 1 atom stereocenters. The minimum Gasteiger partial charge on any atom is -0.491 e. The Kier molecular flexibility index (Phi) is 5.43. The summed E-state index contributed by atoms with van der Waals surface area (Å²) in [4.78, 5) is 13.6. The lowest BCUT2D eigenvalue weighted by Gasteiger charge is -2.15. The monoisotopic (exact) mass is 323 g/mol. The van der Waals surface area contributed by atoms with Crippen LogP contribution in [0, 0.1) is 0 Å². The Morgan fingerprint density at radius 1 is 1.45 bits per heavy atom. The molecule has 0 unspecified atom stereocenters. The topological polar surface area (TPSA) is 62.8 Å². The van der Waals surface area contributed by atoms with Crippen LogP contribution < -0.4 is 20.3 Å². The first kappa shape index (κ1) is 16.4. The average Bonchev–Trinajstić information content (AvgIpc) is 2.86. The van der Waals surface area contributed by atoms with Gasteiger partial charge in [-0.3, -0.25) is 4.90 Å². The summed E-state index contributed by atoms with van der Waals surface area (Å²) in [6, 6.07) is 7.41. The van der Waals surface area contributed by atoms with Crippen molar-refractivity contribution in [1.82, 2.24) is 10.6 Å². The van der Waals surface area contributed by atoms with E-state index in [2.05, 4.69) is 10.6 Å². The molecule has 0 aliphatic carbocycles. The number of cyclic esters (lactones) is 1. The fraction of sp³-hybridized carbons (Fsp3) is 0.467. The number of carbonyl (C=O) groups is 1. The van der Waals surface area contributed by atoms with Crippen LogP contribution in [0.5, 0.6) is 5.75 Å². The lowest BCUT2D eigenvalue weighted by molar-refractivity contribution is 0.143. The standard InChI is InChI=1S/C15H21N3O3S/c1-10(2)20-12-6-4-11(5-7-12)18-9-13(21-15(18)19)8-17-14(22)16-3/h4-7,10,13H,8-9H2,1-3H3,(H2,16,17,22)/t13-/m0/s1. The van der Waals surface area contributed by atoms with Gasteiger partial charge < -0.3 is 20.1 Å². The first-order valence-corrected chi connectivity index (χ1v) is 7.61. The van der Waals surface area contributed by atoms with Gasteiger partial charge in [0.1, 0.15) is 11.9 Å². The second kappa shape index (κ2) is 7.31. The lowest BCUT2D eigenvalue weighted by Crippen LogP contribution is -2.39. The van der Waals surface area contributed by atoms with Crippen molar-refractivity contribution in [1.29, 1.82) is 0 Å². The van der Waals surface area contributed by atoms with Crippen molar-refractivity contribution in [3.63, 3.8) is 0 Å². The van der Waals surface area contributed by atoms with Crippen LogP contribution in [0.1, 0.15) is 13.8 Å². The van der Waals surface area contributed by atoms with Crippen LogP contribution in [-0.4, -0.2) is 43.6 Å². The van der Waals surface area contributed by atoms with Gasteiger partial charge >= 0.3 is 6.09 Å². The number of hydrogen-bond acceptors (Lipinski definition) is 4. The molecular formula is C15H21N3O3S. The van der Waals surface area contributed by atoms with Gasteiger partial charge in [0, 0.05) is 12.7 Å². The predicted molar refractivity (Wildman–Crippen MR) is 89.5 cm³/mol. The number of benzene rings is 1. The summed E-state index contributed by atoms with van der Waals surface area (Å²) in [5.74, 6) is 0.781. The smallest absolute Gasteiger partial charge is 0.414 e. The molecule has 1 saturated heterocycles. The molecule has 1 fully saturated rings. The normalized spacial score (nSPS) is 17.4. The van der Waals surface area contributed by atoms with E-state index in [1.165, 1.54) is 0 Å². The van der Waals surface area contributed by atoms with Gasteiger partial charge in [-0.2, -0.15) is 0 Å². The van der Waals surface area contributed by atoms with E-state index in [1.54, 1.807) is 11.9 Å². The highest BCUT2D eigenvalue weighted by Gasteiger charge is 2.32. The predicted octanol–water partition coefficient (Wildman–Crippen LogP) is 1.89. The van der Waals surface area contributed by atoms with Crippen molar-refractivity contribution < 1.29 is 14.3 Å². The quantitative estimate of drug-likeness (QED) is 0.807. The number of nitrogens with zero attached hydrogens (tertiary/aromatic N) is 1. The van der Waals surface area contributed by atoms with Crippen molar-refractivity contribution in [3.05, 3.63) is 24.3 Å². The summed E-state index contributed by atoms with van der Waals surface area (Å²) < 4.78 is 10.9. The molecule has 1 aliphatic heterocycles. The van der Waals surface area contributed by atoms with Gasteiger partial charge in [-0.05, 0) is 50.3 Å². The third kappa shape index (κ3) is 4.24. The molecule has 1 heterocycles. The zero-order valence-corrected chi connectivity index (χ0v) is 13.8. The molecule has 0 saturated carbocycles. The van der Waals surface area contributed by atoms with E-state index >= 15 is 0 Å². The molecule has 2 N–H and O–H groups in total. The molecule has 1 aromatic carbocycles. The number of ether oxygens (including phenoxy) is 2. The van der Waals surface area contributed by atoms with Crippen molar-refractivity contribution in [2.24, 2.45) is 0 Å². The molecule has 7 heteroatoms. The van der Waals surface area contributed by atoms with Gasteiger partial charge in [0.2, 0.25) is 0 Å². The molecule has 22 heavy (non-hydrogen) atoms. The van der Waals surface area contributed by atoms with Crippen LogP contribution in [0.25, 0.3) is 0 Å². The summed E-state index contributed by atoms with van der Waals surface area (Å²) in [6.45, 7) is 4.91. The minimum absolute atomic E-state index is 0.120. The average molecular weight is 323 g/mol. The van der Waals surface area contributed by atoms with Gasteiger partial charge in [0.25, 0.3) is 0 Å². The number of anilines is 1. The second-order valence-electron chi connectivity index (χ2n) is 5.24. The van der Waals surface area contributed by atoms with Crippen LogP contribution in [0.4, 0.5) is 10.5 Å². The highest BCUT2D eigenvalue weighted by Crippen LogP contribution is 2.24. The van der Waals surface area contributed by atoms with Crippen LogP contribution >= 0.6 is 12.2 Å². The molecule has 1 amide bonds. The first-order chi connectivity index (χ1) is 10.5. The van der Waals surface area contributed by atoms with E-state index in [9.17, 15) is 4.79 Å². The Labute approximate surface area is 135 Å². The fourth-order valence-electron chi connectivity index (χ4n) is 2.11. The third-order valence-corrected chi connectivity index (χ3v) is 3.46. The lowest BCUT2D eigenvalue weighted by atomic mass is 10.2. The van der Waals surface area contributed by atoms with Gasteiger partial charge in [-0.15, -0.1) is 0 Å². The third-order valence-electron chi connectivity index (χ3n) is 3.11. The van der Waals surface area contributed by atoms with Crippen molar-refractivity contribution in [3.8, 4) is 5.75 Å². The number of amides is 1. The Balaban J connectivity index is 1.94. The van der Waals surface area contributed by atoms with E-state index < -0.39 is 0 Å². The molecular weight excluding hydrogens is 302 g/mol. The van der Waals surface area contributed by atoms with E-state index in [4.69, 9.17) is 21.7 Å². The van der Waals surface area contributed by atoms with Crippen molar-refractivity contribution in [2.45, 2.75) is 26.1 Å². The summed E-state index contributed by atoms with van der Waals surface area (Å²) in [7, 11) is 1.74. The number of rotatable bonds is 5. The summed E-state index contributed by atoms with van der Waals surface area (Å²) in [5.41, 5.74) is 0.791. The fourth-order valence-corrected chi connectivity index (χ4v) is 2.19. The van der Waals surface area contributed by atoms with E-state index in [1.807, 2.05) is 38.1 Å². The van der Waals surface area contributed by atoms with Crippen molar-refractivity contribution >= 4 is 29.1 Å². The molecule has 0 bridgehead atoms. The molecule has 0 aromatic heterocycles. The Morgan fingerprint density at radius 2 is 2.14 bits per heavy atom. The minimum atomic E-state index is -0.347. The van der Waals surface area contributed by atoms with Gasteiger partial charge in [-0.1, -0.05) is 0 Å². The van der Waals surface area contributed by atoms with Crippen LogP contribution in [0.3, 0.4) is 0 Å². The summed E-state index contributed by atoms with van der Waals surface area (Å²) in [6.07, 6.45) is -0.459. The van der Waals surface area contributed by atoms with Gasteiger partial charge in [-0.25, -0.2) is 4.79 Å². The maximum absolute atomic E-state index is 12.0. The van der Waals surface area contributed by atoms with Crippen LogP contribution in [-0.2, 0) is 4.74 Å². The van der Waals surface area contributed by atoms with E-state index in [0.717, 1.165) is 11.4 Å². The first-order valence-electron chi connectivity index (χ1n) is 7.20. The zero-order chi connectivity index (χ0) is 16.1. The zero-order valence-electron chi connectivity index (χ0n) is 13.0. The summed E-state index contributed by atoms with van der Waals surface area (Å²) >= 11 is 5.00. The number of thiocarbonyl (C=S) groups is 1. The highest BCUT2D eigenvalue weighted by atomic mass is 32.1. The molecule has 120 valence electrons. The van der Waals surface area contributed by atoms with E-state index in [0.29, 0.717) is 18.2 Å². The molecule has 0 radical (unpaired) electrons. The SMILES string of the molecule is CNC(=S)NC[C@H]1CN(c2ccc(OC(C)C)cc2)C(=O)O1. The molecule has 1 aromatic rings. The van der Waals surface area contributed by atoms with Crippen LogP contribution in [0.2, 0.25) is 0 Å². The summed E-state index contributed by atoms with van der Waals surface area (Å²) in [5, 5.41) is 6.34. The maximum Gasteiger partial charge on any atom is 0.414 e. The molecule has 1 aliphatic rings. The molecule has 6 nitrogen and oxygen atoms in total. The molecule has 2 rings (SSSR count). The number of hydrogen-bond donors (Lipinski definition) is 2. The maximum atomic E-state index is 12.0. The largest absolute Gasteiger partial charge is 0.491 e. The second-order valence-corrected chi connectivity index (χ2v) is 5.65. The number of nitrogens with one attached hydrogen (secondary N) is 2. The highest BCUT2D eigenvalue weighted by molar-refractivity contribution is 7.80. The van der Waals surface area contributed by atoms with Gasteiger partial charge in [0.15, 0.2) is 5.11 Å². The van der Waals surface area contributed by atoms with Gasteiger partial charge in [0.05, 0.1) is 19.2 Å². The van der Waals surface area contributed by atoms with E-state index in [-0.39, 0.29) is 18.3 Å². The number of carbonyl (C=O) groups excluding carboxylic acids is 1. The molecule has 0 spiro atoms. The Morgan fingerprint density at radius 3 is 2.73 bits per heavy atom.